The second-order valence-electron chi connectivity index (χ2n) is 0.480. The first-order valence-corrected chi connectivity index (χ1v) is 23.4. The van der Waals surface area contributed by atoms with Crippen LogP contribution >= 0.6 is 35.5 Å². The zero-order chi connectivity index (χ0) is 5.41. The summed E-state index contributed by atoms with van der Waals surface area (Å²) in [5.41, 5.74) is 4.85. The molecule has 0 bridgehead atoms. The molecule has 6 heavy (non-hydrogen) atoms. The first-order chi connectivity index (χ1) is 2.83. The van der Waals surface area contributed by atoms with Crippen LogP contribution in [0, 0.1) is 0 Å². The molecular weight excluding hydrogens is 499 g/mol. The van der Waals surface area contributed by atoms with Crippen molar-refractivity contribution in [3.63, 3.8) is 0 Å². The van der Waals surface area contributed by atoms with Crippen LogP contribution in [0.1, 0.15) is 6.92 Å². The Bertz CT molecular complexity index is 13.5. The van der Waals surface area contributed by atoms with Gasteiger partial charge in [-0.15, -0.1) is 0 Å². The van der Waals surface area contributed by atoms with Crippen LogP contribution in [-0.4, -0.2) is 22.2 Å². The minimum atomic E-state index is 0.0233. The van der Waals surface area contributed by atoms with Crippen LogP contribution in [0.4, 0.5) is 0 Å². The average molecular weight is 506 g/mol. The number of rotatable bonds is 0. The molecule has 0 aromatic heterocycles. The molecule has 0 aliphatic heterocycles. The van der Waals surface area contributed by atoms with Crippen molar-refractivity contribution in [2.24, 2.45) is 5.73 Å². The normalized spacial score (nSPS) is 6.00. The summed E-state index contributed by atoms with van der Waals surface area (Å²) in [6, 6.07) is 0. The SMILES string of the molecule is CCN.[I][Pb][I]. The molecule has 0 aliphatic carbocycles. The summed E-state index contributed by atoms with van der Waals surface area (Å²) in [5.74, 6) is 0. The molecule has 0 aromatic rings. The molecule has 0 spiro atoms. The second kappa shape index (κ2) is 15.7. The van der Waals surface area contributed by atoms with Crippen LogP contribution < -0.4 is 5.73 Å². The van der Waals surface area contributed by atoms with Gasteiger partial charge in [0.05, 0.1) is 0 Å². The van der Waals surface area contributed by atoms with Crippen LogP contribution in [0.25, 0.3) is 0 Å². The Morgan fingerprint density at radius 3 is 1.67 bits per heavy atom. The molecule has 0 fully saturated rings. The number of hydrogen-bond donors (Lipinski definition) is 1. The van der Waals surface area contributed by atoms with Crippen molar-refractivity contribution >= 4 is 51.2 Å². The maximum atomic E-state index is 4.85. The van der Waals surface area contributed by atoms with E-state index in [0.29, 0.717) is 0 Å². The first-order valence-electron chi connectivity index (χ1n) is 1.49. The van der Waals surface area contributed by atoms with Gasteiger partial charge in [0.25, 0.3) is 0 Å². The summed E-state index contributed by atoms with van der Waals surface area (Å²) < 4.78 is 0. The third kappa shape index (κ3) is 33.0. The van der Waals surface area contributed by atoms with E-state index in [1.165, 1.54) is 0 Å². The van der Waals surface area contributed by atoms with Gasteiger partial charge in [-0.2, -0.15) is 0 Å². The molecule has 2 radical (unpaired) electrons. The fourth-order valence-electron chi connectivity index (χ4n) is 0. The van der Waals surface area contributed by atoms with E-state index in [2.05, 4.69) is 35.5 Å². The third-order valence-corrected chi connectivity index (χ3v) is 0. The Labute approximate surface area is 68.9 Å². The predicted molar refractivity (Wildman–Crippen MR) is 48.5 cm³/mol. The maximum absolute atomic E-state index is 4.85. The summed E-state index contributed by atoms with van der Waals surface area (Å²) in [4.78, 5) is 0. The van der Waals surface area contributed by atoms with Crippen molar-refractivity contribution in [1.29, 1.82) is 0 Å². The molecule has 0 unspecified atom stereocenters. The average Bonchev–Trinajstić information content (AvgIpc) is 1.39. The van der Waals surface area contributed by atoms with Gasteiger partial charge in [-0.05, 0) is 6.54 Å². The summed E-state index contributed by atoms with van der Waals surface area (Å²) in [6.07, 6.45) is 0. The fourth-order valence-corrected chi connectivity index (χ4v) is 0. The van der Waals surface area contributed by atoms with Gasteiger partial charge in [-0.3, -0.25) is 0 Å². The number of nitrogens with two attached hydrogens (primary N) is 1. The molecule has 0 rings (SSSR count). The molecular formula is C2H7I2NPb. The van der Waals surface area contributed by atoms with Gasteiger partial charge >= 0.3 is 51.2 Å². The third-order valence-electron chi connectivity index (χ3n) is 0. The van der Waals surface area contributed by atoms with Crippen molar-refractivity contribution in [1.82, 2.24) is 0 Å². The molecule has 0 atom stereocenters. The Kier molecular flexibility index (Phi) is 29.2. The monoisotopic (exact) mass is 507 g/mol. The Morgan fingerprint density at radius 2 is 1.67 bits per heavy atom. The van der Waals surface area contributed by atoms with Gasteiger partial charge in [0.15, 0.2) is 0 Å². The molecule has 0 heterocycles. The zero-order valence-electron chi connectivity index (χ0n) is 3.54. The number of hydrogen-bond acceptors (Lipinski definition) is 1. The molecule has 0 amide bonds. The van der Waals surface area contributed by atoms with Crippen LogP contribution in [0.2, 0.25) is 0 Å². The van der Waals surface area contributed by atoms with Gasteiger partial charge in [-0.1, -0.05) is 6.92 Å². The van der Waals surface area contributed by atoms with Crippen LogP contribution in [0.5, 0.6) is 0 Å². The standard InChI is InChI=1S/C2H7N.2HI.Pb/c1-2-3;;;/h2-3H2,1H3;2*1H;/q;;;+2/p-2. The van der Waals surface area contributed by atoms with E-state index in [0.717, 1.165) is 6.54 Å². The van der Waals surface area contributed by atoms with Crippen molar-refractivity contribution < 1.29 is 0 Å². The van der Waals surface area contributed by atoms with E-state index in [1.807, 2.05) is 6.92 Å². The quantitative estimate of drug-likeness (QED) is 0.390. The van der Waals surface area contributed by atoms with E-state index < -0.39 is 0 Å². The molecule has 38 valence electrons. The van der Waals surface area contributed by atoms with Crippen molar-refractivity contribution in [2.75, 3.05) is 6.54 Å². The zero-order valence-corrected chi connectivity index (χ0v) is 11.7. The second-order valence-corrected chi connectivity index (χ2v) is 28.6. The van der Waals surface area contributed by atoms with Gasteiger partial charge in [-0.25, -0.2) is 0 Å². The Morgan fingerprint density at radius 1 is 1.67 bits per heavy atom. The van der Waals surface area contributed by atoms with E-state index in [1.54, 1.807) is 0 Å². The summed E-state index contributed by atoms with van der Waals surface area (Å²) in [6.45, 7) is 2.65. The molecule has 1 nitrogen and oxygen atoms in total. The van der Waals surface area contributed by atoms with Gasteiger partial charge in [0.1, 0.15) is 0 Å². The van der Waals surface area contributed by atoms with Gasteiger partial charge < -0.3 is 5.73 Å². The Hall–Kier alpha value is 2.34. The van der Waals surface area contributed by atoms with Gasteiger partial charge in [0, 0.05) is 0 Å². The molecule has 0 aromatic carbocycles. The Balaban J connectivity index is 0. The van der Waals surface area contributed by atoms with E-state index >= 15 is 0 Å². The van der Waals surface area contributed by atoms with E-state index in [-0.39, 0.29) is 15.6 Å². The van der Waals surface area contributed by atoms with Crippen LogP contribution in [0.3, 0.4) is 0 Å². The summed E-state index contributed by atoms with van der Waals surface area (Å²) in [7, 11) is 0. The minimum absolute atomic E-state index is 0.0233. The fraction of sp³-hybridized carbons (Fsp3) is 1.00. The molecule has 0 aliphatic rings. The van der Waals surface area contributed by atoms with Crippen molar-refractivity contribution in [3.8, 4) is 0 Å². The van der Waals surface area contributed by atoms with Crippen LogP contribution in [-0.2, 0) is 0 Å². The topological polar surface area (TPSA) is 26.0 Å². The molecule has 2 N–H and O–H groups in total. The van der Waals surface area contributed by atoms with E-state index in [9.17, 15) is 0 Å². The number of halogens is 2. The summed E-state index contributed by atoms with van der Waals surface area (Å²) >= 11 is 4.96. The summed E-state index contributed by atoms with van der Waals surface area (Å²) in [5, 5.41) is 0. The van der Waals surface area contributed by atoms with Crippen molar-refractivity contribution in [3.05, 3.63) is 0 Å². The van der Waals surface area contributed by atoms with Crippen LogP contribution in [0.15, 0.2) is 0 Å². The van der Waals surface area contributed by atoms with Crippen molar-refractivity contribution in [2.45, 2.75) is 6.92 Å². The first kappa shape index (κ1) is 11.2. The van der Waals surface area contributed by atoms with Gasteiger partial charge in [0.2, 0.25) is 0 Å². The molecule has 0 saturated carbocycles. The molecule has 4 heteroatoms. The van der Waals surface area contributed by atoms with E-state index in [4.69, 9.17) is 5.73 Å². The predicted octanol–water partition coefficient (Wildman–Crippen LogP) is 1.36. The molecule has 0 saturated heterocycles.